The number of aromatic carboxylic acids is 1. The molecule has 0 saturated heterocycles. The summed E-state index contributed by atoms with van der Waals surface area (Å²) in [5.41, 5.74) is 1.85. The van der Waals surface area contributed by atoms with E-state index in [4.69, 9.17) is 5.11 Å². The summed E-state index contributed by atoms with van der Waals surface area (Å²) in [6.07, 6.45) is 4.87. The number of halogens is 1. The third kappa shape index (κ3) is 3.35. The molecule has 110 valence electrons. The van der Waals surface area contributed by atoms with Crippen molar-refractivity contribution in [3.05, 3.63) is 28.2 Å². The summed E-state index contributed by atoms with van der Waals surface area (Å²) >= 11 is 3.50. The quantitative estimate of drug-likeness (QED) is 0.877. The fourth-order valence-corrected chi connectivity index (χ4v) is 3.55. The molecule has 1 aromatic carbocycles. The van der Waals surface area contributed by atoms with Crippen LogP contribution in [0.3, 0.4) is 0 Å². The van der Waals surface area contributed by atoms with E-state index in [1.807, 2.05) is 6.07 Å². The number of rotatable bonds is 3. The molecule has 1 N–H and O–H groups in total. The second-order valence-corrected chi connectivity index (χ2v) is 7.33. The van der Waals surface area contributed by atoms with Crippen LogP contribution in [0.25, 0.3) is 0 Å². The van der Waals surface area contributed by atoms with E-state index >= 15 is 0 Å². The van der Waals surface area contributed by atoms with E-state index in [0.717, 1.165) is 10.2 Å². The predicted molar refractivity (Wildman–Crippen MR) is 85.5 cm³/mol. The van der Waals surface area contributed by atoms with Gasteiger partial charge >= 0.3 is 5.97 Å². The van der Waals surface area contributed by atoms with E-state index in [0.29, 0.717) is 17.0 Å². The molecule has 2 rings (SSSR count). The van der Waals surface area contributed by atoms with Gasteiger partial charge in [0.2, 0.25) is 0 Å². The van der Waals surface area contributed by atoms with Crippen molar-refractivity contribution in [3.8, 4) is 0 Å². The molecular formula is C16H22BrNO2. The highest BCUT2D eigenvalue weighted by atomic mass is 79.9. The molecule has 20 heavy (non-hydrogen) atoms. The van der Waals surface area contributed by atoms with Crippen LogP contribution >= 0.6 is 15.9 Å². The molecular weight excluding hydrogens is 318 g/mol. The van der Waals surface area contributed by atoms with Crippen molar-refractivity contribution in [2.75, 3.05) is 11.9 Å². The highest BCUT2D eigenvalue weighted by Crippen LogP contribution is 2.39. The number of carboxylic acids is 1. The molecule has 0 unspecified atom stereocenters. The molecule has 0 atom stereocenters. The van der Waals surface area contributed by atoms with Crippen molar-refractivity contribution >= 4 is 27.6 Å². The zero-order chi connectivity index (χ0) is 14.9. The summed E-state index contributed by atoms with van der Waals surface area (Å²) in [7, 11) is 2.10. The van der Waals surface area contributed by atoms with Crippen molar-refractivity contribution in [1.29, 1.82) is 0 Å². The van der Waals surface area contributed by atoms with E-state index in [-0.39, 0.29) is 0 Å². The first kappa shape index (κ1) is 15.4. The van der Waals surface area contributed by atoms with Gasteiger partial charge in [-0.25, -0.2) is 4.79 Å². The topological polar surface area (TPSA) is 40.5 Å². The second-order valence-electron chi connectivity index (χ2n) is 6.48. The lowest BCUT2D eigenvalue weighted by Gasteiger charge is -2.39. The lowest BCUT2D eigenvalue weighted by Crippen LogP contribution is -2.37. The van der Waals surface area contributed by atoms with Crippen LogP contribution in [0.2, 0.25) is 0 Å². The minimum Gasteiger partial charge on any atom is -0.478 e. The van der Waals surface area contributed by atoms with Crippen molar-refractivity contribution in [2.24, 2.45) is 5.41 Å². The third-order valence-electron chi connectivity index (χ3n) is 4.43. The molecule has 0 aliphatic heterocycles. The Morgan fingerprint density at radius 3 is 2.45 bits per heavy atom. The zero-order valence-corrected chi connectivity index (χ0v) is 13.9. The van der Waals surface area contributed by atoms with Gasteiger partial charge in [0, 0.05) is 17.6 Å². The van der Waals surface area contributed by atoms with E-state index in [2.05, 4.69) is 41.7 Å². The highest BCUT2D eigenvalue weighted by Gasteiger charge is 2.29. The molecule has 3 nitrogen and oxygen atoms in total. The molecule has 0 bridgehead atoms. The normalized spacial score (nSPS) is 18.8. The molecule has 1 saturated carbocycles. The van der Waals surface area contributed by atoms with Gasteiger partial charge in [-0.15, -0.1) is 0 Å². The number of carbonyl (C=O) groups is 1. The van der Waals surface area contributed by atoms with Crippen molar-refractivity contribution in [3.63, 3.8) is 0 Å². The number of anilines is 1. The summed E-state index contributed by atoms with van der Waals surface area (Å²) in [6, 6.07) is 5.79. The Bertz CT molecular complexity index is 503. The lowest BCUT2D eigenvalue weighted by molar-refractivity contribution is 0.0697. The fraction of sp³-hybridized carbons (Fsp3) is 0.562. The van der Waals surface area contributed by atoms with Gasteiger partial charge in [-0.05, 0) is 65.2 Å². The fourth-order valence-electron chi connectivity index (χ4n) is 2.89. The minimum atomic E-state index is -0.890. The molecule has 0 radical (unpaired) electrons. The molecule has 4 heteroatoms. The van der Waals surface area contributed by atoms with Crippen molar-refractivity contribution in [1.82, 2.24) is 0 Å². The summed E-state index contributed by atoms with van der Waals surface area (Å²) < 4.78 is 0.852. The SMILES string of the molecule is CN(c1ccc(C(=O)O)cc1Br)C1CCC(C)(C)CC1. The Morgan fingerprint density at radius 2 is 1.95 bits per heavy atom. The van der Waals surface area contributed by atoms with E-state index in [9.17, 15) is 4.79 Å². The number of nitrogens with zero attached hydrogens (tertiary/aromatic N) is 1. The molecule has 0 heterocycles. The standard InChI is InChI=1S/C16H22BrNO2/c1-16(2)8-6-12(7-9-16)18(3)14-5-4-11(15(19)20)10-13(14)17/h4-5,10,12H,6-9H2,1-3H3,(H,19,20). The Hall–Kier alpha value is -1.03. The van der Waals surface area contributed by atoms with Gasteiger partial charge < -0.3 is 10.0 Å². The minimum absolute atomic E-state index is 0.318. The first-order valence-electron chi connectivity index (χ1n) is 7.06. The van der Waals surface area contributed by atoms with Crippen molar-refractivity contribution < 1.29 is 9.90 Å². The van der Waals surface area contributed by atoms with Crippen molar-refractivity contribution in [2.45, 2.75) is 45.6 Å². The number of hydrogen-bond acceptors (Lipinski definition) is 2. The molecule has 0 aromatic heterocycles. The molecule has 0 spiro atoms. The Balaban J connectivity index is 2.13. The lowest BCUT2D eigenvalue weighted by atomic mass is 9.75. The summed E-state index contributed by atoms with van der Waals surface area (Å²) in [4.78, 5) is 13.3. The molecule has 1 aliphatic rings. The van der Waals surface area contributed by atoms with Crippen LogP contribution in [0.1, 0.15) is 49.9 Å². The van der Waals surface area contributed by atoms with Gasteiger partial charge in [0.1, 0.15) is 0 Å². The van der Waals surface area contributed by atoms with E-state index in [1.54, 1.807) is 12.1 Å². The van der Waals surface area contributed by atoms with E-state index < -0.39 is 5.97 Å². The first-order chi connectivity index (χ1) is 9.30. The molecule has 1 fully saturated rings. The third-order valence-corrected chi connectivity index (χ3v) is 5.07. The molecule has 0 amide bonds. The van der Waals surface area contributed by atoms with Gasteiger partial charge in [-0.2, -0.15) is 0 Å². The highest BCUT2D eigenvalue weighted by molar-refractivity contribution is 9.10. The van der Waals surface area contributed by atoms with Crippen LogP contribution in [0.4, 0.5) is 5.69 Å². The van der Waals surface area contributed by atoms with Gasteiger partial charge in [0.05, 0.1) is 11.3 Å². The summed E-state index contributed by atoms with van der Waals surface area (Å²) in [5, 5.41) is 9.01. The van der Waals surface area contributed by atoms with Gasteiger partial charge in [0.25, 0.3) is 0 Å². The smallest absolute Gasteiger partial charge is 0.335 e. The Morgan fingerprint density at radius 1 is 1.35 bits per heavy atom. The van der Waals surface area contributed by atoms with Crippen LogP contribution < -0.4 is 4.90 Å². The Labute approximate surface area is 129 Å². The largest absolute Gasteiger partial charge is 0.478 e. The number of benzene rings is 1. The second kappa shape index (κ2) is 5.76. The maximum Gasteiger partial charge on any atom is 0.335 e. The summed E-state index contributed by atoms with van der Waals surface area (Å²) in [6.45, 7) is 4.67. The maximum atomic E-state index is 11.0. The van der Waals surface area contributed by atoms with Crippen LogP contribution in [-0.2, 0) is 0 Å². The Kier molecular flexibility index (Phi) is 4.43. The average Bonchev–Trinajstić information content (AvgIpc) is 2.37. The monoisotopic (exact) mass is 339 g/mol. The molecule has 1 aromatic rings. The van der Waals surface area contributed by atoms with Crippen LogP contribution in [0.15, 0.2) is 22.7 Å². The number of hydrogen-bond donors (Lipinski definition) is 1. The number of carboxylic acid groups (broad SMARTS) is 1. The van der Waals surface area contributed by atoms with Gasteiger partial charge in [-0.3, -0.25) is 0 Å². The zero-order valence-electron chi connectivity index (χ0n) is 12.3. The van der Waals surface area contributed by atoms with Crippen LogP contribution in [-0.4, -0.2) is 24.2 Å². The van der Waals surface area contributed by atoms with Crippen LogP contribution in [0, 0.1) is 5.41 Å². The van der Waals surface area contributed by atoms with Gasteiger partial charge in [-0.1, -0.05) is 13.8 Å². The van der Waals surface area contributed by atoms with E-state index in [1.165, 1.54) is 25.7 Å². The van der Waals surface area contributed by atoms with Gasteiger partial charge in [0.15, 0.2) is 0 Å². The maximum absolute atomic E-state index is 11.0. The first-order valence-corrected chi connectivity index (χ1v) is 7.85. The molecule has 1 aliphatic carbocycles. The average molecular weight is 340 g/mol. The summed E-state index contributed by atoms with van der Waals surface area (Å²) in [5.74, 6) is -0.890. The van der Waals surface area contributed by atoms with Crippen LogP contribution in [0.5, 0.6) is 0 Å². The predicted octanol–water partition coefficient (Wildman–Crippen LogP) is 4.55.